The fourth-order valence-corrected chi connectivity index (χ4v) is 2.60. The molecule has 0 aliphatic carbocycles. The molecular formula is C18H24F4O2. The van der Waals surface area contributed by atoms with E-state index in [0.29, 0.717) is 18.4 Å². The van der Waals surface area contributed by atoms with Crippen LogP contribution in [0, 0.1) is 5.82 Å². The summed E-state index contributed by atoms with van der Waals surface area (Å²) in [5.74, 6) is -1.45. The first-order valence-electron chi connectivity index (χ1n) is 8.38. The van der Waals surface area contributed by atoms with Gasteiger partial charge in [0, 0.05) is 6.42 Å². The fourth-order valence-electron chi connectivity index (χ4n) is 2.60. The molecule has 0 bridgehead atoms. The zero-order valence-corrected chi connectivity index (χ0v) is 13.7. The summed E-state index contributed by atoms with van der Waals surface area (Å²) < 4.78 is 49.4. The molecule has 0 aliphatic rings. The Morgan fingerprint density at radius 3 is 2.00 bits per heavy atom. The summed E-state index contributed by atoms with van der Waals surface area (Å²) in [5.41, 5.74) is 0.507. The van der Waals surface area contributed by atoms with Crippen molar-refractivity contribution in [2.75, 3.05) is 0 Å². The first kappa shape index (κ1) is 20.5. The number of rotatable bonds is 11. The van der Waals surface area contributed by atoms with Crippen LogP contribution in [-0.4, -0.2) is 17.3 Å². The Hall–Kier alpha value is -1.59. The maximum absolute atomic E-state index is 13.6. The number of carboxylic acids is 1. The van der Waals surface area contributed by atoms with Crippen molar-refractivity contribution < 1.29 is 27.5 Å². The number of carboxylic acid groups (broad SMARTS) is 1. The monoisotopic (exact) mass is 348 g/mol. The highest BCUT2D eigenvalue weighted by Crippen LogP contribution is 2.23. The number of hydrogen-bond acceptors (Lipinski definition) is 1. The van der Waals surface area contributed by atoms with E-state index in [1.807, 2.05) is 0 Å². The van der Waals surface area contributed by atoms with Gasteiger partial charge < -0.3 is 5.11 Å². The summed E-state index contributed by atoms with van der Waals surface area (Å²) in [5, 5.41) is 8.89. The van der Waals surface area contributed by atoms with E-state index in [2.05, 4.69) is 0 Å². The Balaban J connectivity index is 2.08. The number of unbranched alkanes of at least 4 members (excludes halogenated alkanes) is 7. The molecule has 0 heterocycles. The van der Waals surface area contributed by atoms with E-state index in [1.54, 1.807) is 0 Å². The predicted molar refractivity (Wildman–Crippen MR) is 84.7 cm³/mol. The molecule has 0 aliphatic heterocycles. The van der Waals surface area contributed by atoms with Crippen LogP contribution in [0.4, 0.5) is 17.6 Å². The minimum atomic E-state index is -4.05. The first-order chi connectivity index (χ1) is 11.3. The Morgan fingerprint density at radius 1 is 0.917 bits per heavy atom. The number of benzene rings is 1. The van der Waals surface area contributed by atoms with E-state index in [9.17, 15) is 22.4 Å². The Bertz CT molecular complexity index is 512. The Morgan fingerprint density at radius 2 is 1.46 bits per heavy atom. The van der Waals surface area contributed by atoms with Gasteiger partial charge in [-0.15, -0.1) is 0 Å². The quantitative estimate of drug-likeness (QED) is 0.385. The third-order valence-corrected chi connectivity index (χ3v) is 3.95. The maximum atomic E-state index is 13.6. The Kier molecular flexibility index (Phi) is 8.79. The van der Waals surface area contributed by atoms with Crippen LogP contribution < -0.4 is 0 Å². The van der Waals surface area contributed by atoms with Crippen molar-refractivity contribution in [2.45, 2.75) is 70.4 Å². The molecule has 0 amide bonds. The van der Waals surface area contributed by atoms with Crippen molar-refractivity contribution in [1.82, 2.24) is 0 Å². The van der Waals surface area contributed by atoms with Crippen molar-refractivity contribution in [1.29, 1.82) is 0 Å². The molecule has 0 saturated heterocycles. The summed E-state index contributed by atoms with van der Waals surface area (Å²) in [7, 11) is 0. The van der Waals surface area contributed by atoms with Gasteiger partial charge in [0.15, 0.2) is 0 Å². The lowest BCUT2D eigenvalue weighted by Gasteiger charge is -2.06. The molecule has 24 heavy (non-hydrogen) atoms. The summed E-state index contributed by atoms with van der Waals surface area (Å²) in [4.78, 5) is 10.9. The van der Waals surface area contributed by atoms with Gasteiger partial charge in [0.2, 0.25) is 0 Å². The molecule has 136 valence electrons. The van der Waals surface area contributed by atoms with Crippen LogP contribution in [0.1, 0.15) is 73.7 Å². The third-order valence-electron chi connectivity index (χ3n) is 3.95. The van der Waals surface area contributed by atoms with E-state index >= 15 is 0 Å². The average molecular weight is 348 g/mol. The predicted octanol–water partition coefficient (Wildman–Crippen LogP) is 6.14. The third kappa shape index (κ3) is 8.89. The normalized spacial score (nSPS) is 11.7. The highest BCUT2D eigenvalue weighted by atomic mass is 19.4. The second kappa shape index (κ2) is 10.3. The molecule has 0 atom stereocenters. The van der Waals surface area contributed by atoms with Crippen molar-refractivity contribution in [3.63, 3.8) is 0 Å². The minimum Gasteiger partial charge on any atom is -0.478 e. The van der Waals surface area contributed by atoms with E-state index in [0.717, 1.165) is 38.5 Å². The van der Waals surface area contributed by atoms with Crippen LogP contribution in [0.25, 0.3) is 0 Å². The van der Waals surface area contributed by atoms with Crippen LogP contribution in [0.15, 0.2) is 18.2 Å². The van der Waals surface area contributed by atoms with Gasteiger partial charge in [0.25, 0.3) is 0 Å². The molecule has 1 aromatic carbocycles. The number of aromatic carboxylic acids is 1. The molecule has 0 unspecified atom stereocenters. The summed E-state index contributed by atoms with van der Waals surface area (Å²) in [6, 6.07) is 3.80. The van der Waals surface area contributed by atoms with Crippen molar-refractivity contribution in [3.8, 4) is 0 Å². The maximum Gasteiger partial charge on any atom is 0.389 e. The lowest BCUT2D eigenvalue weighted by Crippen LogP contribution is -2.06. The zero-order chi connectivity index (χ0) is 18.0. The Labute approximate surface area is 139 Å². The first-order valence-corrected chi connectivity index (χ1v) is 8.38. The van der Waals surface area contributed by atoms with Crippen LogP contribution in [-0.2, 0) is 6.42 Å². The highest BCUT2D eigenvalue weighted by Gasteiger charge is 2.25. The molecule has 0 saturated carbocycles. The van der Waals surface area contributed by atoms with Crippen molar-refractivity contribution in [2.24, 2.45) is 0 Å². The topological polar surface area (TPSA) is 37.3 Å². The molecule has 1 N–H and O–H groups in total. The lowest BCUT2D eigenvalue weighted by molar-refractivity contribution is -0.135. The molecular weight excluding hydrogens is 324 g/mol. The minimum absolute atomic E-state index is 0.0882. The SMILES string of the molecule is O=C(O)c1ccc(F)c(CCCCCCCCCCC(F)(F)F)c1. The highest BCUT2D eigenvalue weighted by molar-refractivity contribution is 5.87. The smallest absolute Gasteiger partial charge is 0.389 e. The van der Waals surface area contributed by atoms with Gasteiger partial charge >= 0.3 is 12.1 Å². The molecule has 0 spiro atoms. The molecule has 0 radical (unpaired) electrons. The summed E-state index contributed by atoms with van der Waals surface area (Å²) >= 11 is 0. The molecule has 2 nitrogen and oxygen atoms in total. The van der Waals surface area contributed by atoms with E-state index in [4.69, 9.17) is 5.11 Å². The van der Waals surface area contributed by atoms with Gasteiger partial charge in [-0.05, 0) is 43.0 Å². The van der Waals surface area contributed by atoms with Gasteiger partial charge in [-0.25, -0.2) is 9.18 Å². The number of hydrogen-bond donors (Lipinski definition) is 1. The molecule has 0 fully saturated rings. The van der Waals surface area contributed by atoms with Gasteiger partial charge in [-0.3, -0.25) is 0 Å². The van der Waals surface area contributed by atoms with Crippen LogP contribution >= 0.6 is 0 Å². The van der Waals surface area contributed by atoms with Crippen molar-refractivity contribution in [3.05, 3.63) is 35.1 Å². The fraction of sp³-hybridized carbons (Fsp3) is 0.611. The van der Waals surface area contributed by atoms with Gasteiger partial charge in [-0.2, -0.15) is 13.2 Å². The largest absolute Gasteiger partial charge is 0.478 e. The molecule has 0 aromatic heterocycles. The summed E-state index contributed by atoms with van der Waals surface area (Å²) in [6.07, 6.45) is 1.87. The summed E-state index contributed by atoms with van der Waals surface area (Å²) in [6.45, 7) is 0. The van der Waals surface area contributed by atoms with E-state index in [1.165, 1.54) is 18.2 Å². The number of aryl methyl sites for hydroxylation is 1. The van der Waals surface area contributed by atoms with E-state index in [-0.39, 0.29) is 17.8 Å². The van der Waals surface area contributed by atoms with Crippen LogP contribution in [0.2, 0.25) is 0 Å². The number of alkyl halides is 3. The van der Waals surface area contributed by atoms with Gasteiger partial charge in [-0.1, -0.05) is 38.5 Å². The molecule has 1 rings (SSSR count). The van der Waals surface area contributed by atoms with Gasteiger partial charge in [0.05, 0.1) is 5.56 Å². The number of halogens is 4. The van der Waals surface area contributed by atoms with Crippen LogP contribution in [0.3, 0.4) is 0 Å². The van der Waals surface area contributed by atoms with Crippen molar-refractivity contribution >= 4 is 5.97 Å². The average Bonchev–Trinajstić information content (AvgIpc) is 2.49. The molecule has 6 heteroatoms. The van der Waals surface area contributed by atoms with Gasteiger partial charge in [0.1, 0.15) is 5.82 Å². The second-order valence-electron chi connectivity index (χ2n) is 6.05. The van der Waals surface area contributed by atoms with Crippen LogP contribution in [0.5, 0.6) is 0 Å². The second-order valence-corrected chi connectivity index (χ2v) is 6.05. The standard InChI is InChI=1S/C18H24F4O2/c19-16-11-10-15(17(23)24)13-14(16)9-7-5-3-1-2-4-6-8-12-18(20,21)22/h10-11,13H,1-9,12H2,(H,23,24). The van der Waals surface area contributed by atoms with E-state index < -0.39 is 18.6 Å². The number of carbonyl (C=O) groups is 1. The zero-order valence-electron chi connectivity index (χ0n) is 13.7. The lowest BCUT2D eigenvalue weighted by atomic mass is 10.0. The molecule has 1 aromatic rings.